The highest BCUT2D eigenvalue weighted by Gasteiger charge is 2.10. The number of carbonyl (C=O) groups excluding carboxylic acids is 1. The number of amides is 1. The van der Waals surface area contributed by atoms with Gasteiger partial charge in [0.25, 0.3) is 5.91 Å². The predicted octanol–water partition coefficient (Wildman–Crippen LogP) is 4.23. The maximum Gasteiger partial charge on any atom is 0.251 e. The Kier molecular flexibility index (Phi) is 5.59. The molecular weight excluding hydrogens is 274 g/mol. The monoisotopic (exact) mass is 297 g/mol. The number of hydrogen-bond donors (Lipinski definition) is 2. The number of benzene rings is 2. The Labute approximate surface area is 132 Å². The van der Waals surface area contributed by atoms with Crippen LogP contribution in [0.15, 0.2) is 48.5 Å². The van der Waals surface area contributed by atoms with Gasteiger partial charge in [-0.25, -0.2) is 0 Å². The molecule has 0 atom stereocenters. The Bertz CT molecular complexity index is 621. The van der Waals surface area contributed by atoms with Gasteiger partial charge < -0.3 is 10.4 Å². The van der Waals surface area contributed by atoms with Gasteiger partial charge in [0.2, 0.25) is 0 Å². The fraction of sp³-hybridized carbons (Fsp3) is 0.316. The molecule has 116 valence electrons. The topological polar surface area (TPSA) is 49.3 Å². The zero-order chi connectivity index (χ0) is 15.9. The van der Waals surface area contributed by atoms with Gasteiger partial charge in [0.15, 0.2) is 0 Å². The van der Waals surface area contributed by atoms with Crippen molar-refractivity contribution < 1.29 is 9.90 Å². The van der Waals surface area contributed by atoms with Gasteiger partial charge in [-0.05, 0) is 42.5 Å². The van der Waals surface area contributed by atoms with Crippen LogP contribution in [0.25, 0.3) is 11.1 Å². The Hall–Kier alpha value is -2.29. The van der Waals surface area contributed by atoms with E-state index in [-0.39, 0.29) is 11.7 Å². The number of phenols is 1. The molecule has 1 amide bonds. The van der Waals surface area contributed by atoms with Crippen LogP contribution in [0.2, 0.25) is 0 Å². The molecule has 0 heterocycles. The minimum absolute atomic E-state index is 0.0964. The van der Waals surface area contributed by atoms with Crippen LogP contribution in [0.1, 0.15) is 37.0 Å². The number of hydrogen-bond acceptors (Lipinski definition) is 2. The van der Waals surface area contributed by atoms with E-state index in [0.717, 1.165) is 18.4 Å². The second-order valence-electron chi connectivity index (χ2n) is 5.89. The second kappa shape index (κ2) is 7.64. The highest BCUT2D eigenvalue weighted by molar-refractivity contribution is 5.96. The van der Waals surface area contributed by atoms with Crippen LogP contribution in [0.3, 0.4) is 0 Å². The summed E-state index contributed by atoms with van der Waals surface area (Å²) in [6.07, 6.45) is 2.08. The summed E-state index contributed by atoms with van der Waals surface area (Å²) in [6, 6.07) is 14.5. The molecule has 0 aliphatic heterocycles. The molecule has 2 rings (SSSR count). The van der Waals surface area contributed by atoms with Crippen molar-refractivity contribution in [3.8, 4) is 16.9 Å². The molecule has 0 aliphatic rings. The average Bonchev–Trinajstić information content (AvgIpc) is 2.52. The van der Waals surface area contributed by atoms with Crippen molar-refractivity contribution in [3.05, 3.63) is 54.1 Å². The molecule has 0 fully saturated rings. The average molecular weight is 297 g/mol. The highest BCUT2D eigenvalue weighted by atomic mass is 16.3. The summed E-state index contributed by atoms with van der Waals surface area (Å²) < 4.78 is 0. The fourth-order valence-corrected chi connectivity index (χ4v) is 2.34. The number of nitrogens with one attached hydrogen (secondary N) is 1. The lowest BCUT2D eigenvalue weighted by Crippen LogP contribution is -2.24. The fourth-order valence-electron chi connectivity index (χ4n) is 2.34. The Morgan fingerprint density at radius 1 is 1.14 bits per heavy atom. The van der Waals surface area contributed by atoms with Gasteiger partial charge >= 0.3 is 0 Å². The molecule has 0 unspecified atom stereocenters. The largest absolute Gasteiger partial charge is 0.507 e. The van der Waals surface area contributed by atoms with Gasteiger partial charge in [-0.1, -0.05) is 44.2 Å². The van der Waals surface area contributed by atoms with Crippen LogP contribution in [0, 0.1) is 5.92 Å². The van der Waals surface area contributed by atoms with Crippen LogP contribution in [-0.2, 0) is 0 Å². The first-order chi connectivity index (χ1) is 10.6. The van der Waals surface area contributed by atoms with Crippen molar-refractivity contribution in [1.82, 2.24) is 5.32 Å². The third-order valence-electron chi connectivity index (χ3n) is 3.59. The van der Waals surface area contributed by atoms with Gasteiger partial charge in [0, 0.05) is 17.7 Å². The summed E-state index contributed by atoms with van der Waals surface area (Å²) in [6.45, 7) is 5.03. The minimum atomic E-state index is -0.0964. The molecule has 2 N–H and O–H groups in total. The molecular formula is C19H23NO2. The first-order valence-corrected chi connectivity index (χ1v) is 7.74. The number of phenolic OH excluding ortho intramolecular Hbond substituents is 1. The van der Waals surface area contributed by atoms with Gasteiger partial charge in [0.05, 0.1) is 0 Å². The summed E-state index contributed by atoms with van der Waals surface area (Å²) >= 11 is 0. The molecule has 3 nitrogen and oxygen atoms in total. The maximum absolute atomic E-state index is 12.2. The molecule has 0 aliphatic carbocycles. The molecule has 0 radical (unpaired) electrons. The van der Waals surface area contributed by atoms with Crippen LogP contribution in [0.5, 0.6) is 5.75 Å². The number of rotatable bonds is 6. The van der Waals surface area contributed by atoms with E-state index < -0.39 is 0 Å². The second-order valence-corrected chi connectivity index (χ2v) is 5.89. The van der Waals surface area contributed by atoms with Gasteiger partial charge in [-0.3, -0.25) is 4.79 Å². The highest BCUT2D eigenvalue weighted by Crippen LogP contribution is 2.29. The maximum atomic E-state index is 12.2. The summed E-state index contributed by atoms with van der Waals surface area (Å²) in [5, 5.41) is 12.9. The van der Waals surface area contributed by atoms with Crippen LogP contribution in [0.4, 0.5) is 0 Å². The minimum Gasteiger partial charge on any atom is -0.507 e. The summed E-state index contributed by atoms with van der Waals surface area (Å²) in [4.78, 5) is 12.2. The standard InChI is InChI=1S/C19H23NO2/c1-14(2)7-6-12-20-19(22)16-10-11-18(21)17(13-16)15-8-4-3-5-9-15/h3-5,8-11,13-14,21H,6-7,12H2,1-2H3,(H,20,22). The van der Waals surface area contributed by atoms with E-state index in [1.807, 2.05) is 30.3 Å². The number of carbonyl (C=O) groups is 1. The van der Waals surface area contributed by atoms with Crippen molar-refractivity contribution >= 4 is 5.91 Å². The molecule has 0 saturated heterocycles. The molecule has 2 aromatic carbocycles. The Morgan fingerprint density at radius 3 is 2.55 bits per heavy atom. The quantitative estimate of drug-likeness (QED) is 0.784. The zero-order valence-corrected chi connectivity index (χ0v) is 13.2. The van der Waals surface area contributed by atoms with Gasteiger partial charge in [0.1, 0.15) is 5.75 Å². The Balaban J connectivity index is 2.07. The van der Waals surface area contributed by atoms with Crippen molar-refractivity contribution in [2.45, 2.75) is 26.7 Å². The van der Waals surface area contributed by atoms with Crippen molar-refractivity contribution in [2.75, 3.05) is 6.54 Å². The first-order valence-electron chi connectivity index (χ1n) is 7.74. The third-order valence-corrected chi connectivity index (χ3v) is 3.59. The predicted molar refractivity (Wildman–Crippen MR) is 89.9 cm³/mol. The SMILES string of the molecule is CC(C)CCCNC(=O)c1ccc(O)c(-c2ccccc2)c1. The van der Waals surface area contributed by atoms with E-state index in [0.29, 0.717) is 23.6 Å². The summed E-state index contributed by atoms with van der Waals surface area (Å²) in [7, 11) is 0. The van der Waals surface area contributed by atoms with E-state index in [2.05, 4.69) is 19.2 Å². The number of aromatic hydroxyl groups is 1. The van der Waals surface area contributed by atoms with E-state index in [1.165, 1.54) is 0 Å². The van der Waals surface area contributed by atoms with Crippen LogP contribution >= 0.6 is 0 Å². The van der Waals surface area contributed by atoms with Crippen LogP contribution < -0.4 is 5.32 Å². The zero-order valence-electron chi connectivity index (χ0n) is 13.2. The first kappa shape index (κ1) is 16.1. The normalized spacial score (nSPS) is 10.7. The van der Waals surface area contributed by atoms with Crippen molar-refractivity contribution in [3.63, 3.8) is 0 Å². The molecule has 3 heteroatoms. The van der Waals surface area contributed by atoms with Crippen molar-refractivity contribution in [2.24, 2.45) is 5.92 Å². The van der Waals surface area contributed by atoms with Crippen LogP contribution in [-0.4, -0.2) is 17.6 Å². The van der Waals surface area contributed by atoms with E-state index in [4.69, 9.17) is 0 Å². The molecule has 0 spiro atoms. The smallest absolute Gasteiger partial charge is 0.251 e. The third kappa shape index (κ3) is 4.35. The lowest BCUT2D eigenvalue weighted by molar-refractivity contribution is 0.0952. The molecule has 0 saturated carbocycles. The summed E-state index contributed by atoms with van der Waals surface area (Å²) in [5.41, 5.74) is 2.14. The van der Waals surface area contributed by atoms with Gasteiger partial charge in [-0.15, -0.1) is 0 Å². The lowest BCUT2D eigenvalue weighted by atomic mass is 10.0. The van der Waals surface area contributed by atoms with E-state index in [1.54, 1.807) is 18.2 Å². The van der Waals surface area contributed by atoms with Crippen molar-refractivity contribution in [1.29, 1.82) is 0 Å². The summed E-state index contributed by atoms with van der Waals surface area (Å²) in [5.74, 6) is 0.735. The molecule has 22 heavy (non-hydrogen) atoms. The molecule has 2 aromatic rings. The Morgan fingerprint density at radius 2 is 1.86 bits per heavy atom. The lowest BCUT2D eigenvalue weighted by Gasteiger charge is -2.09. The molecule has 0 aromatic heterocycles. The molecule has 0 bridgehead atoms. The van der Waals surface area contributed by atoms with E-state index >= 15 is 0 Å². The van der Waals surface area contributed by atoms with Gasteiger partial charge in [-0.2, -0.15) is 0 Å². The van der Waals surface area contributed by atoms with E-state index in [9.17, 15) is 9.90 Å².